The van der Waals surface area contributed by atoms with E-state index in [2.05, 4.69) is 31.9 Å². The predicted octanol–water partition coefficient (Wildman–Crippen LogP) is 1.79. The minimum absolute atomic E-state index is 0.201. The van der Waals surface area contributed by atoms with Crippen molar-refractivity contribution in [2.75, 3.05) is 20.8 Å². The van der Waals surface area contributed by atoms with E-state index in [4.69, 9.17) is 13.3 Å². The first-order valence-electron chi connectivity index (χ1n) is 2.95. The summed E-state index contributed by atoms with van der Waals surface area (Å²) in [5.74, 6) is 0. The quantitative estimate of drug-likeness (QED) is 0.572. The van der Waals surface area contributed by atoms with Crippen LogP contribution in [0, 0.1) is 0 Å². The molecule has 6 heteroatoms. The molecule has 0 rings (SSSR count). The maximum atomic E-state index is 5.27. The van der Waals surface area contributed by atoms with Crippen LogP contribution in [-0.2, 0) is 13.3 Å². The Morgan fingerprint density at radius 1 is 1.27 bits per heavy atom. The minimum Gasteiger partial charge on any atom is -0.375 e. The van der Waals surface area contributed by atoms with Crippen molar-refractivity contribution in [1.82, 2.24) is 0 Å². The highest BCUT2D eigenvalue weighted by Gasteiger charge is 2.22. The van der Waals surface area contributed by atoms with Crippen molar-refractivity contribution >= 4 is 41.4 Å². The lowest BCUT2D eigenvalue weighted by atomic mass is 10.5. The molecule has 0 fully saturated rings. The fraction of sp³-hybridized carbons (Fsp3) is 1.00. The lowest BCUT2D eigenvalue weighted by molar-refractivity contribution is 0.135. The molecular formula is C5H11Br2O3Si. The van der Waals surface area contributed by atoms with E-state index in [9.17, 15) is 0 Å². The molecule has 0 aliphatic carbocycles. The van der Waals surface area contributed by atoms with E-state index in [0.717, 1.165) is 0 Å². The van der Waals surface area contributed by atoms with Gasteiger partial charge < -0.3 is 13.3 Å². The highest BCUT2D eigenvalue weighted by Crippen LogP contribution is 2.25. The topological polar surface area (TPSA) is 27.7 Å². The molecule has 0 unspecified atom stereocenters. The van der Waals surface area contributed by atoms with Crippen molar-refractivity contribution in [2.45, 2.75) is 10.2 Å². The van der Waals surface area contributed by atoms with E-state index in [0.29, 0.717) is 6.61 Å². The Hall–Kier alpha value is 1.06. The summed E-state index contributed by atoms with van der Waals surface area (Å²) in [6.07, 6.45) is 0. The summed E-state index contributed by atoms with van der Waals surface area (Å²) in [7, 11) is 1.62. The molecule has 0 spiro atoms. The van der Waals surface area contributed by atoms with Crippen LogP contribution in [0.1, 0.15) is 6.92 Å². The molecule has 0 atom stereocenters. The van der Waals surface area contributed by atoms with Gasteiger partial charge in [-0.3, -0.25) is 0 Å². The molecule has 0 aliphatic heterocycles. The summed E-state index contributed by atoms with van der Waals surface area (Å²) >= 11 is 6.72. The van der Waals surface area contributed by atoms with Gasteiger partial charge in [-0.05, 0) is 6.92 Å². The fourth-order valence-corrected chi connectivity index (χ4v) is 1.85. The van der Waals surface area contributed by atoms with Gasteiger partial charge in [0.15, 0.2) is 0 Å². The maximum absolute atomic E-state index is 5.27. The van der Waals surface area contributed by atoms with E-state index in [-0.39, 0.29) is 3.23 Å². The molecule has 0 saturated heterocycles. The number of hydrogen-bond donors (Lipinski definition) is 0. The zero-order chi connectivity index (χ0) is 8.91. The van der Waals surface area contributed by atoms with Crippen LogP contribution in [0.5, 0.6) is 0 Å². The summed E-state index contributed by atoms with van der Waals surface area (Å²) in [6, 6.07) is 0. The van der Waals surface area contributed by atoms with Gasteiger partial charge in [0, 0.05) is 14.2 Å². The molecule has 0 heterocycles. The fourth-order valence-electron chi connectivity index (χ4n) is 0.387. The van der Waals surface area contributed by atoms with E-state index < -0.39 is 9.53 Å². The second-order valence-corrected chi connectivity index (χ2v) is 8.19. The van der Waals surface area contributed by atoms with Crippen molar-refractivity contribution in [2.24, 2.45) is 0 Å². The zero-order valence-corrected chi connectivity index (χ0v) is 10.9. The number of hydrogen-bond acceptors (Lipinski definition) is 3. The Morgan fingerprint density at radius 2 is 1.73 bits per heavy atom. The first-order chi connectivity index (χ1) is 4.99. The molecule has 3 nitrogen and oxygen atoms in total. The summed E-state index contributed by atoms with van der Waals surface area (Å²) < 4.78 is 14.9. The van der Waals surface area contributed by atoms with E-state index >= 15 is 0 Å². The molecule has 1 radical (unpaired) electrons. The van der Waals surface area contributed by atoms with Crippen LogP contribution in [0.25, 0.3) is 0 Å². The highest BCUT2D eigenvalue weighted by molar-refractivity contribution is 9.25. The third kappa shape index (κ3) is 7.42. The smallest absolute Gasteiger partial charge is 0.375 e. The lowest BCUT2D eigenvalue weighted by Crippen LogP contribution is -2.29. The number of alkyl halides is 2. The third-order valence-electron chi connectivity index (χ3n) is 0.777. The molecule has 0 N–H and O–H groups in total. The van der Waals surface area contributed by atoms with Gasteiger partial charge in [0.1, 0.15) is 0 Å². The number of halogens is 2. The summed E-state index contributed by atoms with van der Waals surface area (Å²) in [5, 5.41) is 0. The molecular weight excluding hydrogens is 296 g/mol. The standard InChI is InChI=1S/C5H11Br2O3Si/c1-5(6,7)4-10-11(8-2)9-3/h4H2,1-3H3. The van der Waals surface area contributed by atoms with Crippen LogP contribution in [0.15, 0.2) is 0 Å². The van der Waals surface area contributed by atoms with E-state index in [1.54, 1.807) is 14.2 Å². The predicted molar refractivity (Wildman–Crippen MR) is 52.0 cm³/mol. The average molecular weight is 307 g/mol. The Bertz CT molecular complexity index is 102. The second kappa shape index (κ2) is 5.66. The zero-order valence-electron chi connectivity index (χ0n) is 6.69. The molecule has 0 saturated carbocycles. The van der Waals surface area contributed by atoms with Crippen molar-refractivity contribution < 1.29 is 13.3 Å². The first-order valence-corrected chi connectivity index (χ1v) is 5.76. The Morgan fingerprint density at radius 3 is 2.00 bits per heavy atom. The van der Waals surface area contributed by atoms with Gasteiger partial charge in [-0.2, -0.15) is 0 Å². The van der Waals surface area contributed by atoms with E-state index in [1.165, 1.54) is 0 Å². The molecule has 0 aromatic heterocycles. The average Bonchev–Trinajstić information content (AvgIpc) is 1.88. The van der Waals surface area contributed by atoms with Crippen molar-refractivity contribution in [3.05, 3.63) is 0 Å². The van der Waals surface area contributed by atoms with Crippen molar-refractivity contribution in [1.29, 1.82) is 0 Å². The Balaban J connectivity index is 3.51. The minimum atomic E-state index is -1.52. The van der Waals surface area contributed by atoms with Gasteiger partial charge >= 0.3 is 9.53 Å². The third-order valence-corrected chi connectivity index (χ3v) is 2.28. The molecule has 0 bridgehead atoms. The summed E-state index contributed by atoms with van der Waals surface area (Å²) in [5.41, 5.74) is 0. The van der Waals surface area contributed by atoms with Gasteiger partial charge in [-0.15, -0.1) is 0 Å². The van der Waals surface area contributed by atoms with Gasteiger partial charge in [0.05, 0.1) is 9.84 Å². The normalized spacial score (nSPS) is 12.5. The molecule has 0 amide bonds. The van der Waals surface area contributed by atoms with Crippen molar-refractivity contribution in [3.8, 4) is 0 Å². The maximum Gasteiger partial charge on any atom is 0.577 e. The number of rotatable bonds is 5. The van der Waals surface area contributed by atoms with Crippen LogP contribution in [0.2, 0.25) is 0 Å². The van der Waals surface area contributed by atoms with Crippen LogP contribution < -0.4 is 0 Å². The summed E-state index contributed by atoms with van der Waals surface area (Å²) in [4.78, 5) is 0. The van der Waals surface area contributed by atoms with Crippen LogP contribution in [0.4, 0.5) is 0 Å². The molecule has 11 heavy (non-hydrogen) atoms. The van der Waals surface area contributed by atoms with Gasteiger partial charge in [-0.25, -0.2) is 0 Å². The molecule has 0 aromatic carbocycles. The van der Waals surface area contributed by atoms with Gasteiger partial charge in [-0.1, -0.05) is 31.9 Å². The first kappa shape index (κ1) is 12.1. The van der Waals surface area contributed by atoms with Crippen LogP contribution >= 0.6 is 31.9 Å². The summed E-state index contributed by atoms with van der Waals surface area (Å²) in [6.45, 7) is 2.45. The Kier molecular flexibility index (Phi) is 6.20. The van der Waals surface area contributed by atoms with E-state index in [1.807, 2.05) is 6.92 Å². The molecule has 0 aromatic rings. The van der Waals surface area contributed by atoms with Crippen LogP contribution in [-0.4, -0.2) is 33.6 Å². The monoisotopic (exact) mass is 305 g/mol. The Labute approximate surface area is 85.6 Å². The largest absolute Gasteiger partial charge is 0.577 e. The van der Waals surface area contributed by atoms with Gasteiger partial charge in [0.25, 0.3) is 0 Å². The van der Waals surface area contributed by atoms with Crippen molar-refractivity contribution in [3.63, 3.8) is 0 Å². The van der Waals surface area contributed by atoms with Gasteiger partial charge in [0.2, 0.25) is 0 Å². The lowest BCUT2D eigenvalue weighted by Gasteiger charge is -2.16. The molecule has 67 valence electrons. The second-order valence-electron chi connectivity index (χ2n) is 2.02. The highest BCUT2D eigenvalue weighted by atomic mass is 79.9. The molecule has 0 aliphatic rings. The SMILES string of the molecule is CO[Si](OC)OCC(C)(Br)Br. The van der Waals surface area contributed by atoms with Crippen LogP contribution in [0.3, 0.4) is 0 Å².